The van der Waals surface area contributed by atoms with Gasteiger partial charge in [0, 0.05) is 12.2 Å². The number of rotatable bonds is 1. The number of nitrogen functional groups attached to an aromatic ring is 2. The number of fused-ring (bicyclic) bond motifs is 1. The van der Waals surface area contributed by atoms with Crippen LogP contribution in [0.1, 0.15) is 5.56 Å². The van der Waals surface area contributed by atoms with E-state index < -0.39 is 0 Å². The van der Waals surface area contributed by atoms with E-state index in [0.717, 1.165) is 18.7 Å². The van der Waals surface area contributed by atoms with Gasteiger partial charge in [-0.05, 0) is 18.1 Å². The van der Waals surface area contributed by atoms with Crippen LogP contribution in [-0.2, 0) is 6.42 Å². The highest BCUT2D eigenvalue weighted by atomic mass is 15.2. The average molecular weight is 227 g/mol. The number of hydrogen-bond acceptors (Lipinski definition) is 5. The quantitative estimate of drug-likeness (QED) is 0.768. The van der Waals surface area contributed by atoms with Gasteiger partial charge >= 0.3 is 0 Å². The normalized spacial score (nSPS) is 13.8. The highest BCUT2D eigenvalue weighted by Gasteiger charge is 2.23. The molecule has 2 aromatic rings. The lowest BCUT2D eigenvalue weighted by Crippen LogP contribution is -2.17. The Labute approximate surface area is 99.1 Å². The van der Waals surface area contributed by atoms with Crippen LogP contribution in [0.15, 0.2) is 30.6 Å². The van der Waals surface area contributed by atoms with Crippen LogP contribution in [0.5, 0.6) is 0 Å². The highest BCUT2D eigenvalue weighted by molar-refractivity contribution is 5.80. The van der Waals surface area contributed by atoms with Gasteiger partial charge in [0.05, 0.1) is 0 Å². The summed E-state index contributed by atoms with van der Waals surface area (Å²) in [6.07, 6.45) is 2.45. The van der Waals surface area contributed by atoms with Crippen LogP contribution in [0.3, 0.4) is 0 Å². The number of nitrogens with two attached hydrogens (primary N) is 2. The van der Waals surface area contributed by atoms with Crippen molar-refractivity contribution in [1.82, 2.24) is 9.97 Å². The third-order valence-corrected chi connectivity index (χ3v) is 3.04. The maximum absolute atomic E-state index is 5.93. The summed E-state index contributed by atoms with van der Waals surface area (Å²) in [6, 6.07) is 8.24. The predicted molar refractivity (Wildman–Crippen MR) is 68.0 cm³/mol. The summed E-state index contributed by atoms with van der Waals surface area (Å²) in [7, 11) is 0. The molecule has 0 bridgehead atoms. The van der Waals surface area contributed by atoms with Crippen molar-refractivity contribution in [3.05, 3.63) is 36.2 Å². The first-order chi connectivity index (χ1) is 8.27. The standard InChI is InChI=1S/C12H13N5/c13-10-11(14)15-7-16-12(10)17-6-5-8-3-1-2-4-9(8)17/h1-4,7H,5-6,13H2,(H2,14,15,16). The van der Waals surface area contributed by atoms with E-state index in [1.165, 1.54) is 11.9 Å². The van der Waals surface area contributed by atoms with Crippen molar-refractivity contribution < 1.29 is 0 Å². The molecule has 0 radical (unpaired) electrons. The van der Waals surface area contributed by atoms with Gasteiger partial charge in [0.15, 0.2) is 11.6 Å². The summed E-state index contributed by atoms with van der Waals surface area (Å²) < 4.78 is 0. The molecule has 0 saturated carbocycles. The van der Waals surface area contributed by atoms with Crippen LogP contribution in [0, 0.1) is 0 Å². The molecule has 0 saturated heterocycles. The minimum atomic E-state index is 0.333. The van der Waals surface area contributed by atoms with Gasteiger partial charge < -0.3 is 16.4 Å². The van der Waals surface area contributed by atoms with Crippen molar-refractivity contribution in [2.75, 3.05) is 22.9 Å². The fourth-order valence-electron chi connectivity index (χ4n) is 2.17. The Morgan fingerprint density at radius 1 is 1.12 bits per heavy atom. The average Bonchev–Trinajstić information content (AvgIpc) is 2.77. The summed E-state index contributed by atoms with van der Waals surface area (Å²) >= 11 is 0. The molecule has 0 spiro atoms. The van der Waals surface area contributed by atoms with Crippen molar-refractivity contribution in [2.45, 2.75) is 6.42 Å². The van der Waals surface area contributed by atoms with Gasteiger partial charge in [0.1, 0.15) is 12.0 Å². The summed E-state index contributed by atoms with van der Waals surface area (Å²) in [5.41, 5.74) is 14.5. The van der Waals surface area contributed by atoms with E-state index in [-0.39, 0.29) is 0 Å². The summed E-state index contributed by atoms with van der Waals surface area (Å²) in [5.74, 6) is 1.03. The van der Waals surface area contributed by atoms with Crippen LogP contribution in [0.4, 0.5) is 23.0 Å². The van der Waals surface area contributed by atoms with E-state index in [1.807, 2.05) is 12.1 Å². The SMILES string of the molecule is Nc1ncnc(N2CCc3ccccc32)c1N. The number of hydrogen-bond donors (Lipinski definition) is 2. The third-order valence-electron chi connectivity index (χ3n) is 3.04. The first-order valence-electron chi connectivity index (χ1n) is 5.49. The van der Waals surface area contributed by atoms with Crippen molar-refractivity contribution in [3.8, 4) is 0 Å². The molecule has 1 aliphatic rings. The van der Waals surface area contributed by atoms with E-state index in [9.17, 15) is 0 Å². The second-order valence-corrected chi connectivity index (χ2v) is 4.03. The van der Waals surface area contributed by atoms with Gasteiger partial charge in [-0.2, -0.15) is 0 Å². The number of benzene rings is 1. The zero-order valence-corrected chi connectivity index (χ0v) is 9.30. The number of aromatic nitrogens is 2. The Morgan fingerprint density at radius 2 is 1.94 bits per heavy atom. The molecule has 1 aliphatic heterocycles. The fraction of sp³-hybridized carbons (Fsp3) is 0.167. The molecular weight excluding hydrogens is 214 g/mol. The molecule has 0 aliphatic carbocycles. The topological polar surface area (TPSA) is 81.1 Å². The number of anilines is 4. The largest absolute Gasteiger partial charge is 0.393 e. The van der Waals surface area contributed by atoms with Crippen LogP contribution in [-0.4, -0.2) is 16.5 Å². The molecule has 5 nitrogen and oxygen atoms in total. The van der Waals surface area contributed by atoms with E-state index in [4.69, 9.17) is 11.5 Å². The monoisotopic (exact) mass is 227 g/mol. The first kappa shape index (κ1) is 9.89. The Balaban J connectivity index is 2.10. The van der Waals surface area contributed by atoms with Crippen LogP contribution in [0.2, 0.25) is 0 Å². The van der Waals surface area contributed by atoms with Crippen LogP contribution in [0.25, 0.3) is 0 Å². The maximum atomic E-state index is 5.93. The second-order valence-electron chi connectivity index (χ2n) is 4.03. The van der Waals surface area contributed by atoms with Crippen LogP contribution < -0.4 is 16.4 Å². The first-order valence-corrected chi connectivity index (χ1v) is 5.49. The van der Waals surface area contributed by atoms with Gasteiger partial charge in [-0.1, -0.05) is 18.2 Å². The molecule has 5 heteroatoms. The molecule has 0 amide bonds. The minimum absolute atomic E-state index is 0.333. The fourth-order valence-corrected chi connectivity index (χ4v) is 2.17. The Morgan fingerprint density at radius 3 is 2.82 bits per heavy atom. The smallest absolute Gasteiger partial charge is 0.161 e. The molecule has 0 fully saturated rings. The molecular formula is C12H13N5. The molecule has 1 aromatic heterocycles. The number of para-hydroxylation sites is 1. The van der Waals surface area contributed by atoms with Gasteiger partial charge in [0.25, 0.3) is 0 Å². The van der Waals surface area contributed by atoms with Crippen LogP contribution >= 0.6 is 0 Å². The molecule has 2 heterocycles. The summed E-state index contributed by atoms with van der Waals surface area (Å²) in [5, 5.41) is 0. The third kappa shape index (κ3) is 1.47. The lowest BCUT2D eigenvalue weighted by Gasteiger charge is -2.20. The molecule has 1 aromatic carbocycles. The lowest BCUT2D eigenvalue weighted by molar-refractivity contribution is 0.968. The van der Waals surface area contributed by atoms with Gasteiger partial charge in [-0.25, -0.2) is 9.97 Å². The number of nitrogens with zero attached hydrogens (tertiary/aromatic N) is 3. The highest BCUT2D eigenvalue weighted by Crippen LogP contribution is 2.36. The van der Waals surface area contributed by atoms with Crippen molar-refractivity contribution in [3.63, 3.8) is 0 Å². The Kier molecular flexibility index (Phi) is 2.11. The van der Waals surface area contributed by atoms with Gasteiger partial charge in [-0.15, -0.1) is 0 Å². The molecule has 4 N–H and O–H groups in total. The van der Waals surface area contributed by atoms with E-state index in [2.05, 4.69) is 27.0 Å². The molecule has 0 unspecified atom stereocenters. The van der Waals surface area contributed by atoms with E-state index in [1.54, 1.807) is 0 Å². The molecule has 17 heavy (non-hydrogen) atoms. The van der Waals surface area contributed by atoms with Crippen molar-refractivity contribution in [1.29, 1.82) is 0 Å². The zero-order chi connectivity index (χ0) is 11.8. The maximum Gasteiger partial charge on any atom is 0.161 e. The lowest BCUT2D eigenvalue weighted by atomic mass is 10.2. The molecule has 86 valence electrons. The summed E-state index contributed by atoms with van der Waals surface area (Å²) in [6.45, 7) is 0.875. The van der Waals surface area contributed by atoms with E-state index in [0.29, 0.717) is 17.3 Å². The molecule has 0 atom stereocenters. The Hall–Kier alpha value is -2.30. The molecule has 3 rings (SSSR count). The zero-order valence-electron chi connectivity index (χ0n) is 9.30. The van der Waals surface area contributed by atoms with Crippen molar-refractivity contribution in [2.24, 2.45) is 0 Å². The predicted octanol–water partition coefficient (Wildman–Crippen LogP) is 1.34. The summed E-state index contributed by atoms with van der Waals surface area (Å²) in [4.78, 5) is 10.2. The van der Waals surface area contributed by atoms with Crippen molar-refractivity contribution >= 4 is 23.0 Å². The van der Waals surface area contributed by atoms with E-state index >= 15 is 0 Å². The van der Waals surface area contributed by atoms with Gasteiger partial charge in [-0.3, -0.25) is 0 Å². The Bertz CT molecular complexity index is 567. The minimum Gasteiger partial charge on any atom is -0.393 e. The second kappa shape index (κ2) is 3.62. The van der Waals surface area contributed by atoms with Gasteiger partial charge in [0.2, 0.25) is 0 Å².